The molecular weight excluding hydrogens is 262 g/mol. The van der Waals surface area contributed by atoms with Crippen LogP contribution in [-0.4, -0.2) is 6.54 Å². The molecule has 1 aromatic rings. The van der Waals surface area contributed by atoms with E-state index in [1.807, 2.05) is 0 Å². The fourth-order valence-corrected chi connectivity index (χ4v) is 4.87. The van der Waals surface area contributed by atoms with Crippen LogP contribution in [0.4, 0.5) is 0 Å². The summed E-state index contributed by atoms with van der Waals surface area (Å²) in [4.78, 5) is 3.26. The molecule has 2 heteroatoms. The molecule has 1 atom stereocenters. The summed E-state index contributed by atoms with van der Waals surface area (Å²) in [6.45, 7) is 3.39. The summed E-state index contributed by atoms with van der Waals surface area (Å²) >= 11 is 2.09. The lowest BCUT2D eigenvalue weighted by Crippen LogP contribution is -2.22. The lowest BCUT2D eigenvalue weighted by Gasteiger charge is -2.19. The fourth-order valence-electron chi connectivity index (χ4n) is 3.49. The van der Waals surface area contributed by atoms with E-state index in [-0.39, 0.29) is 0 Å². The molecule has 0 bridgehead atoms. The van der Waals surface area contributed by atoms with Crippen LogP contribution < -0.4 is 5.32 Å². The maximum Gasteiger partial charge on any atom is 0.0630 e. The normalized spacial score (nSPS) is 20.4. The van der Waals surface area contributed by atoms with Crippen LogP contribution in [0.2, 0.25) is 0 Å². The molecule has 0 aromatic carbocycles. The van der Waals surface area contributed by atoms with E-state index in [9.17, 15) is 0 Å². The predicted molar refractivity (Wildman–Crippen MR) is 88.5 cm³/mol. The Bertz CT molecular complexity index is 448. The van der Waals surface area contributed by atoms with Crippen molar-refractivity contribution in [3.8, 4) is 0 Å². The Morgan fingerprint density at radius 3 is 2.85 bits per heavy atom. The first-order chi connectivity index (χ1) is 9.88. The summed E-state index contributed by atoms with van der Waals surface area (Å²) in [5.41, 5.74) is 3.30. The van der Waals surface area contributed by atoms with Crippen molar-refractivity contribution in [2.45, 2.75) is 70.8 Å². The minimum atomic E-state index is 0.509. The predicted octanol–water partition coefficient (Wildman–Crippen LogP) is 5.17. The number of hydrogen-bond donors (Lipinski definition) is 1. The highest BCUT2D eigenvalue weighted by atomic mass is 32.1. The molecule has 0 saturated heterocycles. The Balaban J connectivity index is 1.82. The maximum absolute atomic E-state index is 3.79. The zero-order valence-electron chi connectivity index (χ0n) is 12.7. The molecular formula is C18H27NS. The van der Waals surface area contributed by atoms with E-state index in [2.05, 4.69) is 35.7 Å². The van der Waals surface area contributed by atoms with Crippen molar-refractivity contribution in [3.05, 3.63) is 33.0 Å². The molecule has 20 heavy (non-hydrogen) atoms. The van der Waals surface area contributed by atoms with E-state index in [0.717, 1.165) is 6.54 Å². The lowest BCUT2D eigenvalue weighted by molar-refractivity contribution is 0.585. The minimum Gasteiger partial charge on any atom is -0.306 e. The van der Waals surface area contributed by atoms with Gasteiger partial charge in [0.25, 0.3) is 0 Å². The first kappa shape index (κ1) is 14.3. The van der Waals surface area contributed by atoms with E-state index < -0.39 is 0 Å². The van der Waals surface area contributed by atoms with Gasteiger partial charge in [-0.1, -0.05) is 25.0 Å². The summed E-state index contributed by atoms with van der Waals surface area (Å²) < 4.78 is 0. The van der Waals surface area contributed by atoms with Gasteiger partial charge in [-0.25, -0.2) is 0 Å². The summed E-state index contributed by atoms with van der Waals surface area (Å²) in [5, 5.41) is 3.79. The van der Waals surface area contributed by atoms with Gasteiger partial charge in [-0.2, -0.15) is 0 Å². The number of nitrogens with one attached hydrogen (secondary N) is 1. The summed E-state index contributed by atoms with van der Waals surface area (Å²) in [5.74, 6) is 0. The van der Waals surface area contributed by atoms with E-state index in [1.165, 1.54) is 57.8 Å². The van der Waals surface area contributed by atoms with Crippen LogP contribution in [0.5, 0.6) is 0 Å². The maximum atomic E-state index is 3.79. The highest BCUT2D eigenvalue weighted by molar-refractivity contribution is 7.12. The average molecular weight is 289 g/mol. The summed E-state index contributed by atoms with van der Waals surface area (Å²) in [6.07, 6.45) is 14.5. The van der Waals surface area contributed by atoms with Gasteiger partial charge in [0.1, 0.15) is 0 Å². The Kier molecular flexibility index (Phi) is 4.95. The lowest BCUT2D eigenvalue weighted by atomic mass is 10.0. The van der Waals surface area contributed by atoms with E-state index in [1.54, 1.807) is 20.9 Å². The number of rotatable bonds is 5. The molecule has 1 nitrogen and oxygen atoms in total. The van der Waals surface area contributed by atoms with E-state index in [4.69, 9.17) is 0 Å². The quantitative estimate of drug-likeness (QED) is 0.582. The number of fused-ring (bicyclic) bond motifs is 1. The van der Waals surface area contributed by atoms with Gasteiger partial charge in [0, 0.05) is 9.75 Å². The second-order valence-electron chi connectivity index (χ2n) is 6.22. The molecule has 0 radical (unpaired) electrons. The number of allylic oxidation sites excluding steroid dienone is 1. The fraction of sp³-hybridized carbons (Fsp3) is 0.667. The summed E-state index contributed by atoms with van der Waals surface area (Å²) in [7, 11) is 0. The van der Waals surface area contributed by atoms with E-state index >= 15 is 0 Å². The Morgan fingerprint density at radius 2 is 2.05 bits per heavy atom. The standard InChI is InChI=1S/C18H27NS/c1-2-12-19-18(14-8-6-7-9-14)17-13-15-10-4-3-5-11-16(15)20-17/h8,13,18-19H,2-7,9-12H2,1H3. The van der Waals surface area contributed by atoms with Crippen LogP contribution in [0.1, 0.15) is 73.2 Å². The third-order valence-corrected chi connectivity index (χ3v) is 5.90. The first-order valence-corrected chi connectivity index (χ1v) is 9.24. The second kappa shape index (κ2) is 6.91. The molecule has 0 spiro atoms. The van der Waals surface area contributed by atoms with Gasteiger partial charge in [0.2, 0.25) is 0 Å². The van der Waals surface area contributed by atoms with Crippen molar-refractivity contribution in [1.82, 2.24) is 5.32 Å². The van der Waals surface area contributed by atoms with Gasteiger partial charge in [0.05, 0.1) is 6.04 Å². The van der Waals surface area contributed by atoms with Crippen molar-refractivity contribution in [2.24, 2.45) is 0 Å². The first-order valence-electron chi connectivity index (χ1n) is 8.42. The van der Waals surface area contributed by atoms with Crippen LogP contribution in [0.3, 0.4) is 0 Å². The van der Waals surface area contributed by atoms with Crippen LogP contribution in [0.15, 0.2) is 17.7 Å². The molecule has 1 aromatic heterocycles. The summed E-state index contributed by atoms with van der Waals surface area (Å²) in [6, 6.07) is 3.03. The largest absolute Gasteiger partial charge is 0.306 e. The molecule has 110 valence electrons. The van der Waals surface area contributed by atoms with Gasteiger partial charge in [-0.15, -0.1) is 11.3 Å². The average Bonchev–Trinajstić information content (AvgIpc) is 3.06. The van der Waals surface area contributed by atoms with Gasteiger partial charge < -0.3 is 5.32 Å². The minimum absolute atomic E-state index is 0.509. The zero-order valence-corrected chi connectivity index (χ0v) is 13.5. The zero-order chi connectivity index (χ0) is 13.8. The second-order valence-corrected chi connectivity index (χ2v) is 7.38. The Labute approximate surface area is 127 Å². The number of aryl methyl sites for hydroxylation is 2. The van der Waals surface area contributed by atoms with Gasteiger partial charge >= 0.3 is 0 Å². The van der Waals surface area contributed by atoms with Crippen molar-refractivity contribution in [1.29, 1.82) is 0 Å². The molecule has 2 aliphatic rings. The molecule has 0 fully saturated rings. The third kappa shape index (κ3) is 3.17. The highest BCUT2D eigenvalue weighted by Crippen LogP contribution is 2.37. The van der Waals surface area contributed by atoms with Crippen LogP contribution in [-0.2, 0) is 12.8 Å². The topological polar surface area (TPSA) is 12.0 Å². The third-order valence-electron chi connectivity index (χ3n) is 4.60. The van der Waals surface area contributed by atoms with Gasteiger partial charge in [-0.3, -0.25) is 0 Å². The number of thiophene rings is 1. The van der Waals surface area contributed by atoms with Gasteiger partial charge in [-0.05, 0) is 69.5 Å². The molecule has 1 unspecified atom stereocenters. The van der Waals surface area contributed by atoms with Crippen molar-refractivity contribution < 1.29 is 0 Å². The molecule has 0 amide bonds. The molecule has 1 heterocycles. The molecule has 3 rings (SSSR count). The molecule has 2 aliphatic carbocycles. The molecule has 1 N–H and O–H groups in total. The van der Waals surface area contributed by atoms with Crippen molar-refractivity contribution in [2.75, 3.05) is 6.54 Å². The van der Waals surface area contributed by atoms with Crippen molar-refractivity contribution >= 4 is 11.3 Å². The van der Waals surface area contributed by atoms with Crippen molar-refractivity contribution in [3.63, 3.8) is 0 Å². The SMILES string of the molecule is CCCNC(C1=CCCC1)c1cc2c(s1)CCCCC2. The smallest absolute Gasteiger partial charge is 0.0630 e. The van der Waals surface area contributed by atoms with Crippen LogP contribution in [0.25, 0.3) is 0 Å². The van der Waals surface area contributed by atoms with Crippen LogP contribution in [0, 0.1) is 0 Å². The molecule has 0 aliphatic heterocycles. The van der Waals surface area contributed by atoms with Crippen LogP contribution >= 0.6 is 11.3 Å². The number of hydrogen-bond acceptors (Lipinski definition) is 2. The van der Waals surface area contributed by atoms with E-state index in [0.29, 0.717) is 6.04 Å². The molecule has 0 saturated carbocycles. The Morgan fingerprint density at radius 1 is 1.15 bits per heavy atom. The van der Waals surface area contributed by atoms with Gasteiger partial charge in [0.15, 0.2) is 0 Å². The Hall–Kier alpha value is -0.600. The highest BCUT2D eigenvalue weighted by Gasteiger charge is 2.22. The monoisotopic (exact) mass is 289 g/mol.